The van der Waals surface area contributed by atoms with Crippen molar-refractivity contribution in [3.63, 3.8) is 0 Å². The Morgan fingerprint density at radius 2 is 1.54 bits per heavy atom. The van der Waals surface area contributed by atoms with E-state index in [1.54, 1.807) is 12.1 Å². The van der Waals surface area contributed by atoms with Gasteiger partial charge in [-0.25, -0.2) is 0 Å². The second-order valence-corrected chi connectivity index (χ2v) is 5.63. The lowest BCUT2D eigenvalue weighted by Crippen LogP contribution is -2.31. The fourth-order valence-electron chi connectivity index (χ4n) is 2.47. The zero-order valence-electron chi connectivity index (χ0n) is 14.2. The highest BCUT2D eigenvalue weighted by atomic mass is 16.6. The van der Waals surface area contributed by atoms with Crippen LogP contribution in [0, 0.1) is 0 Å². The molecule has 0 radical (unpaired) electrons. The molecule has 0 unspecified atom stereocenters. The maximum Gasteiger partial charge on any atom is 0.325 e. The van der Waals surface area contributed by atoms with Gasteiger partial charge in [0.15, 0.2) is 0 Å². The molecule has 0 heterocycles. The Morgan fingerprint density at radius 3 is 2.35 bits per heavy atom. The van der Waals surface area contributed by atoms with Crippen molar-refractivity contribution in [3.8, 4) is 5.75 Å². The number of nitrogens with one attached hydrogen (secondary N) is 1. The third-order valence-electron chi connectivity index (χ3n) is 3.76. The number of amides is 1. The molecule has 0 saturated carbocycles. The Labute approximate surface area is 151 Å². The lowest BCUT2D eigenvalue weighted by atomic mass is 10.1. The van der Waals surface area contributed by atoms with Crippen molar-refractivity contribution >= 4 is 22.6 Å². The summed E-state index contributed by atoms with van der Waals surface area (Å²) in [6.45, 7) is 0.199. The highest BCUT2D eigenvalue weighted by Crippen LogP contribution is 2.15. The fraction of sp³-hybridized carbons (Fsp3) is 0.143. The van der Waals surface area contributed by atoms with E-state index in [4.69, 9.17) is 9.47 Å². The van der Waals surface area contributed by atoms with Crippen LogP contribution >= 0.6 is 0 Å². The van der Waals surface area contributed by atoms with Crippen molar-refractivity contribution in [3.05, 3.63) is 78.4 Å². The molecule has 3 rings (SSSR count). The van der Waals surface area contributed by atoms with Gasteiger partial charge in [-0.05, 0) is 35.0 Å². The fourth-order valence-corrected chi connectivity index (χ4v) is 2.47. The van der Waals surface area contributed by atoms with Crippen LogP contribution in [0.4, 0.5) is 0 Å². The van der Waals surface area contributed by atoms with Crippen molar-refractivity contribution < 1.29 is 19.1 Å². The number of fused-ring (bicyclic) bond motifs is 1. The molecule has 0 aliphatic carbocycles. The second-order valence-electron chi connectivity index (χ2n) is 5.63. The quantitative estimate of drug-likeness (QED) is 0.525. The number of hydrogen-bond acceptors (Lipinski definition) is 4. The van der Waals surface area contributed by atoms with Gasteiger partial charge in [-0.2, -0.15) is 0 Å². The SMILES string of the molecule is O=C(CNC(=O)c1ccc2ccccc2c1)OCCOc1ccccc1. The minimum absolute atomic E-state index is 0.125. The Bertz CT molecular complexity index is 893. The second kappa shape index (κ2) is 8.67. The van der Waals surface area contributed by atoms with E-state index < -0.39 is 5.97 Å². The standard InChI is InChI=1S/C21H19NO4/c23-20(26-13-12-25-19-8-2-1-3-9-19)15-22-21(24)18-11-10-16-6-4-5-7-17(16)14-18/h1-11,14H,12-13,15H2,(H,22,24). The number of carbonyl (C=O) groups is 2. The number of rotatable bonds is 7. The Kier molecular flexibility index (Phi) is 5.83. The summed E-state index contributed by atoms with van der Waals surface area (Å²) in [5, 5.41) is 4.60. The third-order valence-corrected chi connectivity index (χ3v) is 3.76. The van der Waals surface area contributed by atoms with Crippen molar-refractivity contribution in [2.45, 2.75) is 0 Å². The third kappa shape index (κ3) is 4.83. The number of carbonyl (C=O) groups excluding carboxylic acids is 2. The molecule has 0 saturated heterocycles. The Hall–Kier alpha value is -3.34. The summed E-state index contributed by atoms with van der Waals surface area (Å²) in [5.74, 6) is -0.0998. The van der Waals surface area contributed by atoms with Crippen LogP contribution in [-0.4, -0.2) is 31.6 Å². The molecule has 0 atom stereocenters. The number of esters is 1. The van der Waals surface area contributed by atoms with Gasteiger partial charge in [0.2, 0.25) is 0 Å². The van der Waals surface area contributed by atoms with Crippen LogP contribution in [0.3, 0.4) is 0 Å². The first-order valence-corrected chi connectivity index (χ1v) is 8.33. The van der Waals surface area contributed by atoms with Crippen LogP contribution in [0.15, 0.2) is 72.8 Å². The lowest BCUT2D eigenvalue weighted by Gasteiger charge is -2.08. The molecule has 1 N–H and O–H groups in total. The summed E-state index contributed by atoms with van der Waals surface area (Å²) in [4.78, 5) is 23.9. The van der Waals surface area contributed by atoms with Gasteiger partial charge in [0.05, 0.1) is 0 Å². The van der Waals surface area contributed by atoms with Gasteiger partial charge in [0.25, 0.3) is 5.91 Å². The summed E-state index contributed by atoms with van der Waals surface area (Å²) in [6.07, 6.45) is 0. The Morgan fingerprint density at radius 1 is 0.808 bits per heavy atom. The molecule has 3 aromatic rings. The summed E-state index contributed by atoms with van der Waals surface area (Å²) in [6, 6.07) is 22.5. The zero-order chi connectivity index (χ0) is 18.2. The molecule has 26 heavy (non-hydrogen) atoms. The molecule has 132 valence electrons. The summed E-state index contributed by atoms with van der Waals surface area (Å²) in [7, 11) is 0. The van der Waals surface area contributed by atoms with E-state index in [-0.39, 0.29) is 25.7 Å². The first kappa shape index (κ1) is 17.5. The van der Waals surface area contributed by atoms with Crippen LogP contribution in [0.2, 0.25) is 0 Å². The van der Waals surface area contributed by atoms with Gasteiger partial charge in [-0.15, -0.1) is 0 Å². The zero-order valence-corrected chi connectivity index (χ0v) is 14.2. The van der Waals surface area contributed by atoms with E-state index >= 15 is 0 Å². The number of para-hydroxylation sites is 1. The topological polar surface area (TPSA) is 64.6 Å². The van der Waals surface area contributed by atoms with Crippen molar-refractivity contribution in [2.24, 2.45) is 0 Å². The van der Waals surface area contributed by atoms with Crippen LogP contribution in [0.25, 0.3) is 10.8 Å². The first-order valence-electron chi connectivity index (χ1n) is 8.33. The summed E-state index contributed by atoms with van der Waals surface area (Å²) < 4.78 is 10.5. The Balaban J connectivity index is 1.41. The molecule has 0 aromatic heterocycles. The van der Waals surface area contributed by atoms with Crippen molar-refractivity contribution in [2.75, 3.05) is 19.8 Å². The van der Waals surface area contributed by atoms with Gasteiger partial charge >= 0.3 is 5.97 Å². The number of ether oxygens (including phenoxy) is 2. The van der Waals surface area contributed by atoms with Gasteiger partial charge < -0.3 is 14.8 Å². The molecule has 5 heteroatoms. The minimum Gasteiger partial charge on any atom is -0.490 e. The highest BCUT2D eigenvalue weighted by Gasteiger charge is 2.09. The van der Waals surface area contributed by atoms with E-state index in [0.717, 1.165) is 10.8 Å². The van der Waals surface area contributed by atoms with E-state index in [1.807, 2.05) is 60.7 Å². The van der Waals surface area contributed by atoms with Crippen molar-refractivity contribution in [1.29, 1.82) is 0 Å². The summed E-state index contributed by atoms with van der Waals surface area (Å²) in [5.41, 5.74) is 0.504. The number of benzene rings is 3. The molecule has 0 aliphatic heterocycles. The predicted molar refractivity (Wildman–Crippen MR) is 99.2 cm³/mol. The van der Waals surface area contributed by atoms with Gasteiger partial charge in [-0.1, -0.05) is 48.5 Å². The largest absolute Gasteiger partial charge is 0.490 e. The molecule has 0 spiro atoms. The van der Waals surface area contributed by atoms with Gasteiger partial charge in [-0.3, -0.25) is 9.59 Å². The molecule has 0 fully saturated rings. The molecule has 5 nitrogen and oxygen atoms in total. The van der Waals surface area contributed by atoms with E-state index in [1.165, 1.54) is 0 Å². The van der Waals surface area contributed by atoms with Crippen LogP contribution in [0.5, 0.6) is 5.75 Å². The minimum atomic E-state index is -0.504. The first-order chi connectivity index (χ1) is 12.7. The van der Waals surface area contributed by atoms with Crippen LogP contribution in [0.1, 0.15) is 10.4 Å². The maximum atomic E-state index is 12.2. The summed E-state index contributed by atoms with van der Waals surface area (Å²) >= 11 is 0. The van der Waals surface area contributed by atoms with Crippen LogP contribution < -0.4 is 10.1 Å². The predicted octanol–water partition coefficient (Wildman–Crippen LogP) is 3.19. The smallest absolute Gasteiger partial charge is 0.325 e. The molecule has 0 bridgehead atoms. The van der Waals surface area contributed by atoms with Gasteiger partial charge in [0.1, 0.15) is 25.5 Å². The highest BCUT2D eigenvalue weighted by molar-refractivity contribution is 5.99. The molecule has 1 amide bonds. The maximum absolute atomic E-state index is 12.2. The van der Waals surface area contributed by atoms with E-state index in [2.05, 4.69) is 5.32 Å². The molecular formula is C21H19NO4. The molecular weight excluding hydrogens is 330 g/mol. The average Bonchev–Trinajstić information content (AvgIpc) is 2.70. The average molecular weight is 349 g/mol. The lowest BCUT2D eigenvalue weighted by molar-refractivity contribution is -0.143. The molecule has 3 aromatic carbocycles. The van der Waals surface area contributed by atoms with Crippen molar-refractivity contribution in [1.82, 2.24) is 5.32 Å². The monoisotopic (exact) mass is 349 g/mol. The normalized spacial score (nSPS) is 10.3. The van der Waals surface area contributed by atoms with E-state index in [0.29, 0.717) is 11.3 Å². The number of hydrogen-bond donors (Lipinski definition) is 1. The van der Waals surface area contributed by atoms with Gasteiger partial charge in [0, 0.05) is 5.56 Å². The van der Waals surface area contributed by atoms with E-state index in [9.17, 15) is 9.59 Å². The molecule has 0 aliphatic rings. The van der Waals surface area contributed by atoms with Crippen LogP contribution in [-0.2, 0) is 9.53 Å².